The minimum Gasteiger partial charge on any atom is -0.484 e. The van der Waals surface area contributed by atoms with Crippen molar-refractivity contribution in [3.8, 4) is 5.75 Å². The van der Waals surface area contributed by atoms with E-state index in [-0.39, 0.29) is 18.3 Å². The lowest BCUT2D eigenvalue weighted by Gasteiger charge is -2.07. The average Bonchev–Trinajstić information content (AvgIpc) is 3.10. The van der Waals surface area contributed by atoms with E-state index in [1.165, 1.54) is 11.8 Å². The number of hydrogen-bond donors (Lipinski definition) is 1. The van der Waals surface area contributed by atoms with Crippen molar-refractivity contribution < 1.29 is 13.9 Å². The SMILES string of the molecule is Cc1ccc(OCc2nnc(SCC(=O)Nc3ccc(Cl)cc3C)o2)cc1. The molecule has 0 fully saturated rings. The van der Waals surface area contributed by atoms with E-state index in [0.29, 0.717) is 16.1 Å². The minimum atomic E-state index is -0.166. The number of aromatic nitrogens is 2. The lowest BCUT2D eigenvalue weighted by atomic mass is 10.2. The molecule has 0 bridgehead atoms. The van der Waals surface area contributed by atoms with Crippen LogP contribution >= 0.6 is 23.4 Å². The Bertz CT molecular complexity index is 928. The molecule has 27 heavy (non-hydrogen) atoms. The maximum absolute atomic E-state index is 12.1. The Morgan fingerprint density at radius 2 is 1.96 bits per heavy atom. The molecule has 1 amide bonds. The molecular formula is C19H18ClN3O3S. The van der Waals surface area contributed by atoms with Gasteiger partial charge in [0.15, 0.2) is 6.61 Å². The second-order valence-electron chi connectivity index (χ2n) is 5.86. The Morgan fingerprint density at radius 3 is 2.70 bits per heavy atom. The van der Waals surface area contributed by atoms with Crippen molar-refractivity contribution in [1.29, 1.82) is 0 Å². The van der Waals surface area contributed by atoms with Crippen molar-refractivity contribution >= 4 is 35.0 Å². The Labute approximate surface area is 166 Å². The molecule has 0 unspecified atom stereocenters. The zero-order valence-corrected chi connectivity index (χ0v) is 16.4. The Balaban J connectivity index is 1.47. The summed E-state index contributed by atoms with van der Waals surface area (Å²) in [4.78, 5) is 12.1. The van der Waals surface area contributed by atoms with Gasteiger partial charge in [-0.05, 0) is 49.7 Å². The fourth-order valence-corrected chi connectivity index (χ4v) is 3.02. The highest BCUT2D eigenvalue weighted by Crippen LogP contribution is 2.21. The monoisotopic (exact) mass is 403 g/mol. The number of carbonyl (C=O) groups is 1. The van der Waals surface area contributed by atoms with E-state index >= 15 is 0 Å². The third-order valence-electron chi connectivity index (χ3n) is 3.62. The predicted octanol–water partition coefficient (Wildman–Crippen LogP) is 4.65. The van der Waals surface area contributed by atoms with Crippen LogP contribution in [-0.2, 0) is 11.4 Å². The van der Waals surface area contributed by atoms with Gasteiger partial charge in [-0.15, -0.1) is 10.2 Å². The maximum Gasteiger partial charge on any atom is 0.277 e. The van der Waals surface area contributed by atoms with Crippen molar-refractivity contribution in [3.05, 3.63) is 64.5 Å². The molecule has 3 aromatic rings. The van der Waals surface area contributed by atoms with Crippen molar-refractivity contribution in [1.82, 2.24) is 10.2 Å². The molecule has 1 aromatic heterocycles. The van der Waals surface area contributed by atoms with E-state index in [1.807, 2.05) is 38.1 Å². The number of nitrogens with one attached hydrogen (secondary N) is 1. The second-order valence-corrected chi connectivity index (χ2v) is 7.22. The van der Waals surface area contributed by atoms with Crippen LogP contribution in [0.15, 0.2) is 52.1 Å². The van der Waals surface area contributed by atoms with E-state index in [4.69, 9.17) is 20.8 Å². The number of benzene rings is 2. The van der Waals surface area contributed by atoms with Gasteiger partial charge in [0, 0.05) is 10.7 Å². The van der Waals surface area contributed by atoms with Crippen LogP contribution in [0.25, 0.3) is 0 Å². The standard InChI is InChI=1S/C19H18ClN3O3S/c1-12-3-6-15(7-4-12)25-10-18-22-23-19(26-18)27-11-17(24)21-16-8-5-14(20)9-13(16)2/h3-9H,10-11H2,1-2H3,(H,21,24). The van der Waals surface area contributed by atoms with Crippen molar-refractivity contribution in [2.75, 3.05) is 11.1 Å². The minimum absolute atomic E-state index is 0.155. The third-order valence-corrected chi connectivity index (χ3v) is 4.67. The number of carbonyl (C=O) groups excluding carboxylic acids is 1. The Kier molecular flexibility index (Phi) is 6.36. The number of ether oxygens (including phenoxy) is 1. The Hall–Kier alpha value is -2.51. The molecule has 0 aliphatic rings. The molecule has 140 valence electrons. The van der Waals surface area contributed by atoms with E-state index < -0.39 is 0 Å². The van der Waals surface area contributed by atoms with Crippen LogP contribution in [0.2, 0.25) is 5.02 Å². The number of nitrogens with zero attached hydrogens (tertiary/aromatic N) is 2. The summed E-state index contributed by atoms with van der Waals surface area (Å²) in [5.41, 5.74) is 2.78. The summed E-state index contributed by atoms with van der Waals surface area (Å²) in [6.07, 6.45) is 0. The first-order valence-electron chi connectivity index (χ1n) is 8.20. The van der Waals surface area contributed by atoms with Crippen LogP contribution < -0.4 is 10.1 Å². The van der Waals surface area contributed by atoms with Gasteiger partial charge in [-0.25, -0.2) is 0 Å². The quantitative estimate of drug-likeness (QED) is 0.578. The van der Waals surface area contributed by atoms with Gasteiger partial charge in [0.05, 0.1) is 5.75 Å². The van der Waals surface area contributed by atoms with Gasteiger partial charge in [0.2, 0.25) is 5.91 Å². The van der Waals surface area contributed by atoms with Crippen molar-refractivity contribution in [3.63, 3.8) is 0 Å². The summed E-state index contributed by atoms with van der Waals surface area (Å²) in [5.74, 6) is 1.07. The normalized spacial score (nSPS) is 10.6. The molecule has 6 nitrogen and oxygen atoms in total. The lowest BCUT2D eigenvalue weighted by Crippen LogP contribution is -2.14. The third kappa shape index (κ3) is 5.74. The summed E-state index contributed by atoms with van der Waals surface area (Å²) < 4.78 is 11.1. The number of amides is 1. The predicted molar refractivity (Wildman–Crippen MR) is 105 cm³/mol. The zero-order valence-electron chi connectivity index (χ0n) is 14.9. The Morgan fingerprint density at radius 1 is 1.19 bits per heavy atom. The molecule has 1 N–H and O–H groups in total. The van der Waals surface area contributed by atoms with Crippen LogP contribution in [0.3, 0.4) is 0 Å². The average molecular weight is 404 g/mol. The highest BCUT2D eigenvalue weighted by atomic mass is 35.5. The molecule has 2 aromatic carbocycles. The molecule has 0 aliphatic carbocycles. The van der Waals surface area contributed by atoms with Gasteiger partial charge < -0.3 is 14.5 Å². The highest BCUT2D eigenvalue weighted by Gasteiger charge is 2.11. The summed E-state index contributed by atoms with van der Waals surface area (Å²) in [7, 11) is 0. The second kappa shape index (κ2) is 8.92. The molecule has 0 spiro atoms. The molecular weight excluding hydrogens is 386 g/mol. The van der Waals surface area contributed by atoms with E-state index in [1.54, 1.807) is 18.2 Å². The first-order chi connectivity index (χ1) is 13.0. The van der Waals surface area contributed by atoms with Gasteiger partial charge >= 0.3 is 0 Å². The summed E-state index contributed by atoms with van der Waals surface area (Å²) in [5, 5.41) is 11.6. The first kappa shape index (κ1) is 19.3. The van der Waals surface area contributed by atoms with Crippen LogP contribution in [-0.4, -0.2) is 21.9 Å². The number of aryl methyl sites for hydroxylation is 2. The topological polar surface area (TPSA) is 77.2 Å². The largest absolute Gasteiger partial charge is 0.484 e. The molecule has 0 saturated heterocycles. The molecule has 8 heteroatoms. The number of thioether (sulfide) groups is 1. The highest BCUT2D eigenvalue weighted by molar-refractivity contribution is 7.99. The van der Waals surface area contributed by atoms with E-state index in [2.05, 4.69) is 15.5 Å². The molecule has 0 saturated carbocycles. The number of rotatable bonds is 7. The molecule has 1 heterocycles. The van der Waals surface area contributed by atoms with Crippen molar-refractivity contribution in [2.24, 2.45) is 0 Å². The fraction of sp³-hybridized carbons (Fsp3) is 0.211. The summed E-state index contributed by atoms with van der Waals surface area (Å²) in [6.45, 7) is 4.06. The van der Waals surface area contributed by atoms with E-state index in [9.17, 15) is 4.79 Å². The van der Waals surface area contributed by atoms with Crippen LogP contribution in [0.5, 0.6) is 5.75 Å². The first-order valence-corrected chi connectivity index (χ1v) is 9.56. The van der Waals surface area contributed by atoms with Crippen LogP contribution in [0.4, 0.5) is 5.69 Å². The maximum atomic E-state index is 12.1. The lowest BCUT2D eigenvalue weighted by molar-refractivity contribution is -0.113. The van der Waals surface area contributed by atoms with Gasteiger partial charge in [-0.1, -0.05) is 41.1 Å². The molecule has 0 radical (unpaired) electrons. The summed E-state index contributed by atoms with van der Waals surface area (Å²) >= 11 is 7.08. The zero-order chi connectivity index (χ0) is 19.2. The van der Waals surface area contributed by atoms with E-state index in [0.717, 1.165) is 22.6 Å². The number of halogens is 1. The number of hydrogen-bond acceptors (Lipinski definition) is 6. The van der Waals surface area contributed by atoms with Gasteiger partial charge in [-0.2, -0.15) is 0 Å². The van der Waals surface area contributed by atoms with Gasteiger partial charge in [-0.3, -0.25) is 4.79 Å². The van der Waals surface area contributed by atoms with Gasteiger partial charge in [0.25, 0.3) is 11.1 Å². The van der Waals surface area contributed by atoms with Crippen LogP contribution in [0.1, 0.15) is 17.0 Å². The molecule has 0 atom stereocenters. The summed E-state index contributed by atoms with van der Waals surface area (Å²) in [6, 6.07) is 13.0. The fourth-order valence-electron chi connectivity index (χ4n) is 2.22. The molecule has 0 aliphatic heterocycles. The van der Waals surface area contributed by atoms with Gasteiger partial charge in [0.1, 0.15) is 5.75 Å². The van der Waals surface area contributed by atoms with Crippen LogP contribution in [0, 0.1) is 13.8 Å². The molecule has 3 rings (SSSR count). The van der Waals surface area contributed by atoms with Crippen molar-refractivity contribution in [2.45, 2.75) is 25.7 Å². The smallest absolute Gasteiger partial charge is 0.277 e. The number of anilines is 1.